The van der Waals surface area contributed by atoms with Crippen molar-refractivity contribution in [2.24, 2.45) is 5.92 Å². The Labute approximate surface area is 240 Å². The fourth-order valence-corrected chi connectivity index (χ4v) is 5.98. The predicted molar refractivity (Wildman–Crippen MR) is 174 cm³/mol. The highest BCUT2D eigenvalue weighted by molar-refractivity contribution is 6.22. The number of benzene rings is 4. The van der Waals surface area contributed by atoms with Gasteiger partial charge in [0.25, 0.3) is 0 Å². The van der Waals surface area contributed by atoms with Gasteiger partial charge in [-0.2, -0.15) is 0 Å². The van der Waals surface area contributed by atoms with Gasteiger partial charge in [-0.25, -0.2) is 4.98 Å². The van der Waals surface area contributed by atoms with Gasteiger partial charge in [0.05, 0.1) is 22.1 Å². The molecule has 0 amide bonds. The van der Waals surface area contributed by atoms with Crippen LogP contribution in [0.25, 0.3) is 65.5 Å². The maximum atomic E-state index is 4.97. The van der Waals surface area contributed by atoms with E-state index < -0.39 is 0 Å². The molecule has 0 saturated carbocycles. The van der Waals surface area contributed by atoms with Crippen molar-refractivity contribution in [3.63, 3.8) is 0 Å². The van der Waals surface area contributed by atoms with E-state index in [0.717, 1.165) is 60.6 Å². The Balaban J connectivity index is 1.47. The van der Waals surface area contributed by atoms with Crippen LogP contribution in [0.5, 0.6) is 0 Å². The first-order chi connectivity index (χ1) is 19.8. The fraction of sp³-hybridized carbons (Fsp3) is 0.250. The monoisotopic (exact) mass is 537 g/mol. The Bertz CT molecular complexity index is 2120. The average Bonchev–Trinajstić information content (AvgIpc) is 3.45. The lowest BCUT2D eigenvalue weighted by atomic mass is 9.93. The number of anilines is 1. The zero-order valence-electron chi connectivity index (χ0n) is 24.5. The molecule has 1 atom stereocenters. The summed E-state index contributed by atoms with van der Waals surface area (Å²) >= 11 is 0. The van der Waals surface area contributed by atoms with Crippen molar-refractivity contribution in [2.45, 2.75) is 53.5 Å². The van der Waals surface area contributed by atoms with Crippen LogP contribution in [0.2, 0.25) is 0 Å². The van der Waals surface area contributed by atoms with E-state index in [0.29, 0.717) is 17.9 Å². The van der Waals surface area contributed by atoms with E-state index in [9.17, 15) is 0 Å². The van der Waals surface area contributed by atoms with Gasteiger partial charge in [-0.3, -0.25) is 9.97 Å². The molecule has 0 aliphatic rings. The third-order valence-electron chi connectivity index (χ3n) is 8.71. The van der Waals surface area contributed by atoms with E-state index in [1.54, 1.807) is 0 Å². The van der Waals surface area contributed by atoms with Crippen molar-refractivity contribution in [3.05, 3.63) is 84.4 Å². The van der Waals surface area contributed by atoms with Gasteiger partial charge in [-0.05, 0) is 66.8 Å². The van der Waals surface area contributed by atoms with Gasteiger partial charge in [0, 0.05) is 62.4 Å². The second-order valence-corrected chi connectivity index (χ2v) is 12.0. The van der Waals surface area contributed by atoms with Crippen molar-refractivity contribution in [1.29, 1.82) is 0 Å². The average molecular weight is 538 g/mol. The number of rotatable bonds is 5. The number of imidazole rings is 1. The summed E-state index contributed by atoms with van der Waals surface area (Å²) in [6.07, 6.45) is 3.77. The van der Waals surface area contributed by atoms with Crippen molar-refractivity contribution < 1.29 is 0 Å². The summed E-state index contributed by atoms with van der Waals surface area (Å²) in [6.45, 7) is 13.3. The summed E-state index contributed by atoms with van der Waals surface area (Å²) in [5, 5.41) is 10.7. The van der Waals surface area contributed by atoms with Crippen LogP contribution in [-0.2, 0) is 0 Å². The Kier molecular flexibility index (Phi) is 5.93. The standard InChI is InChI=1S/C36H35N5/c1-19(2)22(6)39-31-21(5)25-9-7-15-37-32(25)29-17-23(11-13-26(29)31)24-12-14-27-30(18-24)33-28(10-8-16-38-33)35-34(27)40-36(41-35)20(3)4/h7-20,22,39H,1-6H3,(H,40,41). The van der Waals surface area contributed by atoms with Crippen molar-refractivity contribution >= 4 is 60.1 Å². The minimum Gasteiger partial charge on any atom is -0.382 e. The zero-order valence-corrected chi connectivity index (χ0v) is 24.5. The smallest absolute Gasteiger partial charge is 0.109 e. The predicted octanol–water partition coefficient (Wildman–Crippen LogP) is 9.52. The molecule has 0 aliphatic heterocycles. The number of fused-ring (bicyclic) bond motifs is 9. The first-order valence-electron chi connectivity index (χ1n) is 14.6. The van der Waals surface area contributed by atoms with Crippen molar-refractivity contribution in [2.75, 3.05) is 5.32 Å². The summed E-state index contributed by atoms with van der Waals surface area (Å²) in [5.41, 5.74) is 8.85. The normalized spacial score (nSPS) is 13.0. The molecule has 0 bridgehead atoms. The number of pyridine rings is 2. The molecule has 0 aliphatic carbocycles. The van der Waals surface area contributed by atoms with E-state index in [-0.39, 0.29) is 0 Å². The van der Waals surface area contributed by atoms with Crippen LogP contribution >= 0.6 is 0 Å². The third kappa shape index (κ3) is 4.02. The molecule has 0 spiro atoms. The quantitative estimate of drug-likeness (QED) is 0.215. The number of hydrogen-bond acceptors (Lipinski definition) is 4. The highest BCUT2D eigenvalue weighted by Gasteiger charge is 2.18. The Morgan fingerprint density at radius 3 is 1.93 bits per heavy atom. The number of nitrogens with zero attached hydrogens (tertiary/aromatic N) is 3. The number of aromatic nitrogens is 4. The van der Waals surface area contributed by atoms with Crippen LogP contribution < -0.4 is 5.32 Å². The second-order valence-electron chi connectivity index (χ2n) is 12.0. The molecular formula is C36H35N5. The number of hydrogen-bond donors (Lipinski definition) is 2. The molecular weight excluding hydrogens is 502 g/mol. The lowest BCUT2D eigenvalue weighted by molar-refractivity contribution is 0.560. The number of aromatic amines is 1. The van der Waals surface area contributed by atoms with Gasteiger partial charge in [0.2, 0.25) is 0 Å². The molecule has 7 rings (SSSR count). The summed E-state index contributed by atoms with van der Waals surface area (Å²) in [6, 6.07) is 22.2. The van der Waals surface area contributed by atoms with Crippen LogP contribution in [0.1, 0.15) is 51.9 Å². The van der Waals surface area contributed by atoms with Crippen LogP contribution in [-0.4, -0.2) is 26.0 Å². The molecule has 2 N–H and O–H groups in total. The van der Waals surface area contributed by atoms with E-state index in [2.05, 4.69) is 100 Å². The van der Waals surface area contributed by atoms with E-state index in [1.807, 2.05) is 24.5 Å². The minimum atomic E-state index is 0.316. The molecule has 41 heavy (non-hydrogen) atoms. The van der Waals surface area contributed by atoms with Gasteiger partial charge < -0.3 is 10.3 Å². The molecule has 7 aromatic rings. The molecule has 204 valence electrons. The van der Waals surface area contributed by atoms with E-state index >= 15 is 0 Å². The minimum absolute atomic E-state index is 0.316. The van der Waals surface area contributed by atoms with Gasteiger partial charge in [0.15, 0.2) is 0 Å². The van der Waals surface area contributed by atoms with Gasteiger partial charge in [-0.1, -0.05) is 58.0 Å². The summed E-state index contributed by atoms with van der Waals surface area (Å²) < 4.78 is 0. The highest BCUT2D eigenvalue weighted by atomic mass is 14.9. The van der Waals surface area contributed by atoms with Gasteiger partial charge in [-0.15, -0.1) is 0 Å². The van der Waals surface area contributed by atoms with Gasteiger partial charge >= 0.3 is 0 Å². The molecule has 5 nitrogen and oxygen atoms in total. The maximum Gasteiger partial charge on any atom is 0.109 e. The third-order valence-corrected chi connectivity index (χ3v) is 8.71. The number of aryl methyl sites for hydroxylation is 1. The first kappa shape index (κ1) is 25.5. The molecule has 0 saturated heterocycles. The Morgan fingerprint density at radius 2 is 1.27 bits per heavy atom. The van der Waals surface area contributed by atoms with Crippen molar-refractivity contribution in [1.82, 2.24) is 19.9 Å². The Morgan fingerprint density at radius 1 is 0.659 bits per heavy atom. The zero-order chi connectivity index (χ0) is 28.4. The molecule has 0 radical (unpaired) electrons. The van der Waals surface area contributed by atoms with E-state index in [1.165, 1.54) is 22.0 Å². The topological polar surface area (TPSA) is 66.5 Å². The van der Waals surface area contributed by atoms with Crippen LogP contribution in [0.15, 0.2) is 73.1 Å². The molecule has 5 heteroatoms. The number of H-pyrrole nitrogens is 1. The molecule has 3 aromatic heterocycles. The fourth-order valence-electron chi connectivity index (χ4n) is 5.98. The SMILES string of the molecule is Cc1c(NC(C)C(C)C)c2ccc(-c3ccc4c(c3)c3ncccc3c3nc(C(C)C)[nH]c43)cc2c2ncccc12. The van der Waals surface area contributed by atoms with Crippen molar-refractivity contribution in [3.8, 4) is 11.1 Å². The first-order valence-corrected chi connectivity index (χ1v) is 14.6. The largest absolute Gasteiger partial charge is 0.382 e. The highest BCUT2D eigenvalue weighted by Crippen LogP contribution is 2.40. The summed E-state index contributed by atoms with van der Waals surface area (Å²) in [4.78, 5) is 18.3. The summed E-state index contributed by atoms with van der Waals surface area (Å²) in [7, 11) is 0. The second kappa shape index (κ2) is 9.55. The molecule has 1 unspecified atom stereocenters. The van der Waals surface area contributed by atoms with Crippen LogP contribution in [0.3, 0.4) is 0 Å². The maximum absolute atomic E-state index is 4.97. The molecule has 0 fully saturated rings. The lowest BCUT2D eigenvalue weighted by Crippen LogP contribution is -2.22. The van der Waals surface area contributed by atoms with E-state index in [4.69, 9.17) is 15.0 Å². The lowest BCUT2D eigenvalue weighted by Gasteiger charge is -2.23. The molecule has 4 aromatic carbocycles. The number of nitrogens with one attached hydrogen (secondary N) is 2. The molecule has 3 heterocycles. The van der Waals surface area contributed by atoms with Crippen LogP contribution in [0.4, 0.5) is 5.69 Å². The van der Waals surface area contributed by atoms with Gasteiger partial charge in [0.1, 0.15) is 5.82 Å². The summed E-state index contributed by atoms with van der Waals surface area (Å²) in [5.74, 6) is 1.84. The van der Waals surface area contributed by atoms with Crippen LogP contribution in [0, 0.1) is 12.8 Å². The Hall–Kier alpha value is -4.51.